The minimum absolute atomic E-state index is 0.296. The van der Waals surface area contributed by atoms with Crippen LogP contribution in [0.4, 0.5) is 5.95 Å². The third kappa shape index (κ3) is 2.47. The molecule has 1 fully saturated rings. The number of anilines is 1. The van der Waals surface area contributed by atoms with Gasteiger partial charge in [-0.05, 0) is 19.8 Å². The monoisotopic (exact) mass is 210 g/mol. The maximum atomic E-state index is 5.46. The second kappa shape index (κ2) is 4.61. The summed E-state index contributed by atoms with van der Waals surface area (Å²) in [6.07, 6.45) is 5.07. The molecule has 0 spiro atoms. The summed E-state index contributed by atoms with van der Waals surface area (Å²) in [7, 11) is 1.77. The zero-order valence-corrected chi connectivity index (χ0v) is 9.29. The van der Waals surface area contributed by atoms with Crippen molar-refractivity contribution in [2.24, 2.45) is 0 Å². The maximum Gasteiger partial charge on any atom is 0.222 e. The van der Waals surface area contributed by atoms with Gasteiger partial charge in [-0.3, -0.25) is 0 Å². The Hall–Kier alpha value is -1.10. The molecule has 1 aromatic heterocycles. The largest absolute Gasteiger partial charge is 0.379 e. The van der Waals surface area contributed by atoms with Crippen LogP contribution in [-0.4, -0.2) is 34.4 Å². The van der Waals surface area contributed by atoms with Crippen LogP contribution >= 0.6 is 0 Å². The molecule has 15 heavy (non-hydrogen) atoms. The van der Waals surface area contributed by atoms with Gasteiger partial charge in [0.15, 0.2) is 0 Å². The molecule has 1 aliphatic rings. The summed E-state index contributed by atoms with van der Waals surface area (Å²) in [6, 6.07) is 0.357. The fraction of sp³-hybridized carbons (Fsp3) is 0.800. The highest BCUT2D eigenvalue weighted by atomic mass is 16.5. The minimum atomic E-state index is 0.296. The summed E-state index contributed by atoms with van der Waals surface area (Å²) in [6.45, 7) is 1.90. The van der Waals surface area contributed by atoms with Gasteiger partial charge in [0.05, 0.1) is 12.1 Å². The van der Waals surface area contributed by atoms with Crippen molar-refractivity contribution < 1.29 is 4.74 Å². The van der Waals surface area contributed by atoms with Gasteiger partial charge in [-0.15, -0.1) is 10.2 Å². The van der Waals surface area contributed by atoms with E-state index in [-0.39, 0.29) is 0 Å². The Morgan fingerprint density at radius 3 is 2.80 bits per heavy atom. The Morgan fingerprint density at radius 2 is 2.13 bits per heavy atom. The van der Waals surface area contributed by atoms with Gasteiger partial charge in [-0.25, -0.2) is 0 Å². The Kier molecular flexibility index (Phi) is 3.20. The van der Waals surface area contributed by atoms with Crippen LogP contribution in [0.25, 0.3) is 0 Å². The lowest BCUT2D eigenvalue weighted by Crippen LogP contribution is -2.38. The van der Waals surface area contributed by atoms with Crippen molar-refractivity contribution in [3.63, 3.8) is 0 Å². The third-order valence-corrected chi connectivity index (χ3v) is 2.93. The lowest BCUT2D eigenvalue weighted by atomic mass is 9.92. The van der Waals surface area contributed by atoms with Crippen molar-refractivity contribution in [1.29, 1.82) is 0 Å². The number of aromatic nitrogens is 3. The smallest absolute Gasteiger partial charge is 0.222 e. The lowest BCUT2D eigenvalue weighted by molar-refractivity contribution is 0.0604. The molecule has 2 atom stereocenters. The normalized spacial score (nSPS) is 26.5. The van der Waals surface area contributed by atoms with E-state index < -0.39 is 0 Å². The van der Waals surface area contributed by atoms with E-state index in [0.29, 0.717) is 12.1 Å². The Bertz CT molecular complexity index is 312. The molecule has 1 aliphatic carbocycles. The predicted molar refractivity (Wildman–Crippen MR) is 57.8 cm³/mol. The number of hydrogen-bond donors (Lipinski definition) is 2. The van der Waals surface area contributed by atoms with Crippen LogP contribution in [0.5, 0.6) is 0 Å². The quantitative estimate of drug-likeness (QED) is 0.793. The van der Waals surface area contributed by atoms with Crippen LogP contribution < -0.4 is 5.32 Å². The van der Waals surface area contributed by atoms with Gasteiger partial charge in [0.1, 0.15) is 5.82 Å². The highest BCUT2D eigenvalue weighted by molar-refractivity contribution is 5.25. The second-order valence-corrected chi connectivity index (χ2v) is 4.07. The van der Waals surface area contributed by atoms with Crippen LogP contribution in [0.3, 0.4) is 0 Å². The van der Waals surface area contributed by atoms with Gasteiger partial charge in [-0.2, -0.15) is 0 Å². The molecule has 0 bridgehead atoms. The summed E-state index contributed by atoms with van der Waals surface area (Å²) in [5.41, 5.74) is 0. The average molecular weight is 210 g/mol. The summed E-state index contributed by atoms with van der Waals surface area (Å²) in [4.78, 5) is 3.08. The van der Waals surface area contributed by atoms with Crippen LogP contribution in [0, 0.1) is 6.92 Å². The number of nitrogens with one attached hydrogen (secondary N) is 2. The molecular weight excluding hydrogens is 192 g/mol. The summed E-state index contributed by atoms with van der Waals surface area (Å²) < 4.78 is 5.46. The van der Waals surface area contributed by atoms with E-state index in [4.69, 9.17) is 4.74 Å². The van der Waals surface area contributed by atoms with Gasteiger partial charge in [-0.1, -0.05) is 12.8 Å². The van der Waals surface area contributed by atoms with Crippen molar-refractivity contribution in [2.75, 3.05) is 12.4 Å². The van der Waals surface area contributed by atoms with Gasteiger partial charge in [0.2, 0.25) is 5.95 Å². The standard InChI is InChI=1S/C10H18N4O/c1-7-11-10(14-13-7)12-8-5-3-4-6-9(8)15-2/h8-9H,3-6H2,1-2H3,(H2,11,12,13,14). The first kappa shape index (κ1) is 10.4. The van der Waals surface area contributed by atoms with E-state index in [1.54, 1.807) is 7.11 Å². The van der Waals surface area contributed by atoms with Gasteiger partial charge >= 0.3 is 0 Å². The molecule has 0 aliphatic heterocycles. The highest BCUT2D eigenvalue weighted by Gasteiger charge is 2.25. The molecule has 2 unspecified atom stereocenters. The molecule has 1 heterocycles. The predicted octanol–water partition coefficient (Wildman–Crippen LogP) is 1.48. The second-order valence-electron chi connectivity index (χ2n) is 4.07. The first-order valence-electron chi connectivity index (χ1n) is 5.48. The average Bonchev–Trinajstić information content (AvgIpc) is 2.65. The van der Waals surface area contributed by atoms with Crippen LogP contribution in [0.2, 0.25) is 0 Å². The SMILES string of the molecule is COC1CCCCC1Nc1nnc(C)[nH]1. The molecule has 0 aromatic carbocycles. The van der Waals surface area contributed by atoms with Crippen LogP contribution in [0.1, 0.15) is 31.5 Å². The van der Waals surface area contributed by atoms with E-state index in [2.05, 4.69) is 20.5 Å². The maximum absolute atomic E-state index is 5.46. The van der Waals surface area contributed by atoms with E-state index >= 15 is 0 Å². The Morgan fingerprint density at radius 1 is 1.33 bits per heavy atom. The van der Waals surface area contributed by atoms with Crippen molar-refractivity contribution >= 4 is 5.95 Å². The first-order valence-corrected chi connectivity index (χ1v) is 5.48. The molecule has 0 radical (unpaired) electrons. The van der Waals surface area contributed by atoms with Crippen molar-refractivity contribution in [3.05, 3.63) is 5.82 Å². The number of methoxy groups -OCH3 is 1. The molecular formula is C10H18N4O. The Labute approximate surface area is 89.6 Å². The fourth-order valence-electron chi connectivity index (χ4n) is 2.13. The van der Waals surface area contributed by atoms with E-state index in [9.17, 15) is 0 Å². The minimum Gasteiger partial charge on any atom is -0.379 e. The zero-order valence-electron chi connectivity index (χ0n) is 9.29. The topological polar surface area (TPSA) is 62.8 Å². The molecule has 1 saturated carbocycles. The number of aryl methyl sites for hydroxylation is 1. The molecule has 0 saturated heterocycles. The zero-order chi connectivity index (χ0) is 10.7. The van der Waals surface area contributed by atoms with E-state index in [1.165, 1.54) is 12.8 Å². The Balaban J connectivity index is 1.97. The molecule has 5 nitrogen and oxygen atoms in total. The van der Waals surface area contributed by atoms with Crippen LogP contribution in [-0.2, 0) is 4.74 Å². The molecule has 2 rings (SSSR count). The highest BCUT2D eigenvalue weighted by Crippen LogP contribution is 2.22. The van der Waals surface area contributed by atoms with Gasteiger partial charge < -0.3 is 15.0 Å². The van der Waals surface area contributed by atoms with E-state index in [0.717, 1.165) is 24.6 Å². The number of hydrogen-bond acceptors (Lipinski definition) is 4. The third-order valence-electron chi connectivity index (χ3n) is 2.93. The molecule has 0 amide bonds. The molecule has 2 N–H and O–H groups in total. The fourth-order valence-corrected chi connectivity index (χ4v) is 2.13. The van der Waals surface area contributed by atoms with Crippen molar-refractivity contribution in [1.82, 2.24) is 15.2 Å². The number of nitrogens with zero attached hydrogens (tertiary/aromatic N) is 2. The summed E-state index contributed by atoms with van der Waals surface area (Å²) >= 11 is 0. The molecule has 1 aromatic rings. The van der Waals surface area contributed by atoms with Gasteiger partial charge in [0, 0.05) is 7.11 Å². The lowest BCUT2D eigenvalue weighted by Gasteiger charge is -2.30. The molecule has 5 heteroatoms. The molecule has 84 valence electrons. The number of rotatable bonds is 3. The first-order chi connectivity index (χ1) is 7.29. The van der Waals surface area contributed by atoms with Crippen molar-refractivity contribution in [3.8, 4) is 0 Å². The number of H-pyrrole nitrogens is 1. The summed E-state index contributed by atoms with van der Waals surface area (Å²) in [5, 5.41) is 11.3. The van der Waals surface area contributed by atoms with Gasteiger partial charge in [0.25, 0.3) is 0 Å². The van der Waals surface area contributed by atoms with Crippen molar-refractivity contribution in [2.45, 2.75) is 44.8 Å². The number of ether oxygens (including phenoxy) is 1. The number of aromatic amines is 1. The van der Waals surface area contributed by atoms with Crippen LogP contribution in [0.15, 0.2) is 0 Å². The summed E-state index contributed by atoms with van der Waals surface area (Å²) in [5.74, 6) is 1.59. The van der Waals surface area contributed by atoms with E-state index in [1.807, 2.05) is 6.92 Å².